The summed E-state index contributed by atoms with van der Waals surface area (Å²) in [6.45, 7) is 4.55. The molecule has 0 heterocycles. The van der Waals surface area contributed by atoms with E-state index in [1.54, 1.807) is 0 Å². The van der Waals surface area contributed by atoms with E-state index in [4.69, 9.17) is 16.2 Å². The molecule has 0 saturated heterocycles. The Morgan fingerprint density at radius 2 is 1.48 bits per heavy atom. The summed E-state index contributed by atoms with van der Waals surface area (Å²) >= 11 is 0. The maximum absolute atomic E-state index is 13.4. The Kier molecular flexibility index (Phi) is 13.6. The minimum atomic E-state index is -0.957. The van der Waals surface area contributed by atoms with E-state index in [9.17, 15) is 19.2 Å². The topological polar surface area (TPSA) is 166 Å². The number of nitrogens with two attached hydrogens (primary N) is 2. The monoisotopic (exact) mass is 603 g/mol. The molecule has 10 nitrogen and oxygen atoms in total. The lowest BCUT2D eigenvalue weighted by Gasteiger charge is -2.25. The molecular formula is C34H45N5O5. The van der Waals surface area contributed by atoms with E-state index < -0.39 is 41.9 Å². The lowest BCUT2D eigenvalue weighted by molar-refractivity contribution is -0.131. The summed E-state index contributed by atoms with van der Waals surface area (Å²) in [6.07, 6.45) is 5.38. The standard InChI is InChI=1S/C34H45N5O5/c1-23-12-11-13-24(2)27(23)21-28(35)32(41)38-29(33(42)39-30(31(36)40)20-25-14-5-3-6-15-25)18-9-10-19-37-34(43)44-22-26-16-7-4-8-17-26/h3-8,12,14-17,28-30H,9-11,13,18-22,35H2,1-2H3,(H2,36,40)(H,37,43)(H,38,41)(H,39,42)/t28-,29-,30-/m0/s1. The van der Waals surface area contributed by atoms with Crippen molar-refractivity contribution >= 4 is 23.8 Å². The second-order valence-electron chi connectivity index (χ2n) is 11.2. The number of primary amides is 1. The van der Waals surface area contributed by atoms with Crippen LogP contribution in [0.2, 0.25) is 0 Å². The van der Waals surface area contributed by atoms with E-state index >= 15 is 0 Å². The van der Waals surface area contributed by atoms with Crippen molar-refractivity contribution in [2.24, 2.45) is 11.5 Å². The zero-order chi connectivity index (χ0) is 31.9. The lowest BCUT2D eigenvalue weighted by Crippen LogP contribution is -2.55. The Balaban J connectivity index is 1.58. The van der Waals surface area contributed by atoms with Gasteiger partial charge in [-0.25, -0.2) is 4.79 Å². The van der Waals surface area contributed by atoms with Crippen LogP contribution in [0.3, 0.4) is 0 Å². The first-order valence-corrected chi connectivity index (χ1v) is 15.1. The van der Waals surface area contributed by atoms with E-state index in [1.807, 2.05) is 67.6 Å². The van der Waals surface area contributed by atoms with E-state index in [1.165, 1.54) is 5.57 Å². The number of carbonyl (C=O) groups excluding carboxylic acids is 4. The summed E-state index contributed by atoms with van der Waals surface area (Å²) in [7, 11) is 0. The highest BCUT2D eigenvalue weighted by Gasteiger charge is 2.28. The molecule has 10 heteroatoms. The van der Waals surface area contributed by atoms with Gasteiger partial charge >= 0.3 is 6.09 Å². The molecule has 2 aromatic carbocycles. The number of rotatable bonds is 16. The van der Waals surface area contributed by atoms with Crippen molar-refractivity contribution in [2.75, 3.05) is 6.54 Å². The van der Waals surface area contributed by atoms with Gasteiger partial charge in [0.15, 0.2) is 0 Å². The molecule has 3 atom stereocenters. The van der Waals surface area contributed by atoms with Crippen LogP contribution in [0.15, 0.2) is 83.5 Å². The van der Waals surface area contributed by atoms with Crippen LogP contribution in [0.1, 0.15) is 63.5 Å². The average Bonchev–Trinajstić information content (AvgIpc) is 3.01. The van der Waals surface area contributed by atoms with Gasteiger partial charge in [-0.15, -0.1) is 0 Å². The molecule has 2 aromatic rings. The quantitative estimate of drug-likeness (QED) is 0.184. The molecular weight excluding hydrogens is 558 g/mol. The third-order valence-corrected chi connectivity index (χ3v) is 7.70. The number of unbranched alkanes of at least 4 members (excludes halogenated alkanes) is 1. The number of hydrogen-bond donors (Lipinski definition) is 5. The molecule has 0 spiro atoms. The molecule has 0 bridgehead atoms. The molecule has 0 radical (unpaired) electrons. The molecule has 1 aliphatic rings. The summed E-state index contributed by atoms with van der Waals surface area (Å²) < 4.78 is 5.23. The molecule has 3 rings (SSSR count). The molecule has 0 saturated carbocycles. The maximum Gasteiger partial charge on any atom is 0.407 e. The van der Waals surface area contributed by atoms with Gasteiger partial charge in [0.05, 0.1) is 6.04 Å². The van der Waals surface area contributed by atoms with E-state index in [0.29, 0.717) is 25.8 Å². The van der Waals surface area contributed by atoms with Crippen molar-refractivity contribution in [1.29, 1.82) is 0 Å². The van der Waals surface area contributed by atoms with Gasteiger partial charge in [0, 0.05) is 13.0 Å². The number of hydrogen-bond acceptors (Lipinski definition) is 6. The first kappa shape index (κ1) is 34.1. The fraction of sp³-hybridized carbons (Fsp3) is 0.412. The number of carbonyl (C=O) groups is 4. The predicted molar refractivity (Wildman–Crippen MR) is 170 cm³/mol. The predicted octanol–water partition coefficient (Wildman–Crippen LogP) is 3.55. The average molecular weight is 604 g/mol. The van der Waals surface area contributed by atoms with Crippen LogP contribution >= 0.6 is 0 Å². The summed E-state index contributed by atoms with van der Waals surface area (Å²) in [4.78, 5) is 50.9. The molecule has 0 unspecified atom stereocenters. The lowest BCUT2D eigenvalue weighted by atomic mass is 9.88. The third kappa shape index (κ3) is 11.3. The van der Waals surface area contributed by atoms with E-state index in [-0.39, 0.29) is 19.4 Å². The first-order chi connectivity index (χ1) is 21.1. The Bertz CT molecular complexity index is 1330. The number of alkyl carbamates (subject to hydrolysis) is 1. The molecule has 0 aliphatic heterocycles. The Morgan fingerprint density at radius 1 is 0.841 bits per heavy atom. The van der Waals surface area contributed by atoms with Crippen molar-refractivity contribution in [2.45, 2.75) is 83.5 Å². The second kappa shape index (κ2) is 17.6. The van der Waals surface area contributed by atoms with Crippen molar-refractivity contribution in [3.8, 4) is 0 Å². The van der Waals surface area contributed by atoms with Gasteiger partial charge in [-0.1, -0.05) is 77.9 Å². The summed E-state index contributed by atoms with van der Waals surface area (Å²) in [6, 6.07) is 15.8. The summed E-state index contributed by atoms with van der Waals surface area (Å²) in [5.41, 5.74) is 17.0. The largest absolute Gasteiger partial charge is 0.445 e. The Labute approximate surface area is 259 Å². The normalized spacial score (nSPS) is 14.9. The molecule has 1 aliphatic carbocycles. The molecule has 0 aromatic heterocycles. The maximum atomic E-state index is 13.4. The van der Waals surface area contributed by atoms with Crippen molar-refractivity contribution in [1.82, 2.24) is 16.0 Å². The van der Waals surface area contributed by atoms with Crippen LogP contribution in [0.25, 0.3) is 0 Å². The number of nitrogens with one attached hydrogen (secondary N) is 3. The molecule has 236 valence electrons. The number of benzene rings is 2. The van der Waals surface area contributed by atoms with Crippen molar-refractivity contribution in [3.63, 3.8) is 0 Å². The van der Waals surface area contributed by atoms with Crippen LogP contribution in [0.4, 0.5) is 4.79 Å². The van der Waals surface area contributed by atoms with Gasteiger partial charge in [0.2, 0.25) is 17.7 Å². The number of ether oxygens (including phenoxy) is 1. The van der Waals surface area contributed by atoms with Gasteiger partial charge in [-0.2, -0.15) is 0 Å². The highest BCUT2D eigenvalue weighted by Crippen LogP contribution is 2.27. The molecule has 7 N–H and O–H groups in total. The van der Waals surface area contributed by atoms with E-state index in [0.717, 1.165) is 35.1 Å². The number of allylic oxidation sites excluding steroid dienone is 3. The zero-order valence-corrected chi connectivity index (χ0v) is 25.6. The second-order valence-corrected chi connectivity index (χ2v) is 11.2. The third-order valence-electron chi connectivity index (χ3n) is 7.70. The zero-order valence-electron chi connectivity index (χ0n) is 25.6. The van der Waals surface area contributed by atoms with Gasteiger partial charge < -0.3 is 32.2 Å². The van der Waals surface area contributed by atoms with Gasteiger partial charge in [-0.3, -0.25) is 14.4 Å². The van der Waals surface area contributed by atoms with Gasteiger partial charge in [0.1, 0.15) is 18.7 Å². The molecule has 4 amide bonds. The highest BCUT2D eigenvalue weighted by atomic mass is 16.5. The molecule has 44 heavy (non-hydrogen) atoms. The SMILES string of the molecule is CC1=CCCC(C)=C1C[C@H](N)C(=O)N[C@@H](CCCCNC(=O)OCc1ccccc1)C(=O)N[C@@H](Cc1ccccc1)C(N)=O. The first-order valence-electron chi connectivity index (χ1n) is 15.1. The molecule has 0 fully saturated rings. The Morgan fingerprint density at radius 3 is 2.11 bits per heavy atom. The Hall–Kier alpha value is -4.44. The van der Waals surface area contributed by atoms with Crippen LogP contribution < -0.4 is 27.4 Å². The van der Waals surface area contributed by atoms with Gasteiger partial charge in [0.25, 0.3) is 0 Å². The van der Waals surface area contributed by atoms with Gasteiger partial charge in [-0.05, 0) is 69.1 Å². The van der Waals surface area contributed by atoms with Crippen molar-refractivity contribution < 1.29 is 23.9 Å². The van der Waals surface area contributed by atoms with Crippen LogP contribution in [0, 0.1) is 0 Å². The fourth-order valence-electron chi connectivity index (χ4n) is 5.09. The smallest absolute Gasteiger partial charge is 0.407 e. The summed E-state index contributed by atoms with van der Waals surface area (Å²) in [5.74, 6) is -1.65. The fourth-order valence-corrected chi connectivity index (χ4v) is 5.09. The van der Waals surface area contributed by atoms with Crippen LogP contribution in [-0.2, 0) is 32.1 Å². The van der Waals surface area contributed by atoms with E-state index in [2.05, 4.69) is 29.0 Å². The minimum Gasteiger partial charge on any atom is -0.445 e. The van der Waals surface area contributed by atoms with Crippen LogP contribution in [0.5, 0.6) is 0 Å². The highest BCUT2D eigenvalue weighted by molar-refractivity contribution is 5.92. The minimum absolute atomic E-state index is 0.164. The van der Waals surface area contributed by atoms with Crippen molar-refractivity contribution in [3.05, 3.63) is 94.6 Å². The van der Waals surface area contributed by atoms with Crippen LogP contribution in [-0.4, -0.2) is 48.5 Å². The summed E-state index contributed by atoms with van der Waals surface area (Å²) in [5, 5.41) is 8.22. The number of amides is 4.